The lowest BCUT2D eigenvalue weighted by Crippen LogP contribution is -2.24. The molecule has 0 saturated heterocycles. The maximum Gasteiger partial charge on any atom is 0.306 e. The fourth-order valence-electron chi connectivity index (χ4n) is 2.25. The summed E-state index contributed by atoms with van der Waals surface area (Å²) in [4.78, 5) is 19.8. The standard InChI is InChI=1S/C12H16N2O3/c1-7-9-5-8(12(15)16)3-4-10(9)14-11(13-7)6-17-2/h8H,3-6H2,1-2H3,(H,15,16). The zero-order valence-corrected chi connectivity index (χ0v) is 10.1. The van der Waals surface area contributed by atoms with Gasteiger partial charge in [0, 0.05) is 18.5 Å². The van der Waals surface area contributed by atoms with Crippen molar-refractivity contribution in [2.75, 3.05) is 7.11 Å². The number of nitrogens with zero attached hydrogens (tertiary/aromatic N) is 2. The van der Waals surface area contributed by atoms with Gasteiger partial charge in [0.05, 0.1) is 5.92 Å². The second-order valence-corrected chi connectivity index (χ2v) is 4.36. The molecule has 0 radical (unpaired) electrons. The molecule has 0 aliphatic heterocycles. The summed E-state index contributed by atoms with van der Waals surface area (Å²) in [7, 11) is 1.61. The first-order valence-electron chi connectivity index (χ1n) is 5.68. The highest BCUT2D eigenvalue weighted by atomic mass is 16.5. The largest absolute Gasteiger partial charge is 0.481 e. The first-order chi connectivity index (χ1) is 8.11. The van der Waals surface area contributed by atoms with Crippen LogP contribution in [0.15, 0.2) is 0 Å². The third-order valence-corrected chi connectivity index (χ3v) is 3.15. The molecule has 1 N–H and O–H groups in total. The van der Waals surface area contributed by atoms with E-state index in [0.29, 0.717) is 31.7 Å². The number of ether oxygens (including phenoxy) is 1. The quantitative estimate of drug-likeness (QED) is 0.851. The van der Waals surface area contributed by atoms with E-state index in [1.165, 1.54) is 0 Å². The SMILES string of the molecule is COCc1nc(C)c2c(n1)CCC(C(=O)O)C2. The van der Waals surface area contributed by atoms with E-state index in [1.54, 1.807) is 7.11 Å². The van der Waals surface area contributed by atoms with Crippen LogP contribution < -0.4 is 0 Å². The van der Waals surface area contributed by atoms with Gasteiger partial charge in [0.2, 0.25) is 0 Å². The minimum atomic E-state index is -0.726. The van der Waals surface area contributed by atoms with Crippen molar-refractivity contribution in [1.29, 1.82) is 0 Å². The summed E-state index contributed by atoms with van der Waals surface area (Å²) in [5, 5.41) is 9.03. The van der Waals surface area contributed by atoms with Gasteiger partial charge in [-0.2, -0.15) is 0 Å². The second kappa shape index (κ2) is 4.79. The van der Waals surface area contributed by atoms with E-state index < -0.39 is 5.97 Å². The van der Waals surface area contributed by atoms with Gasteiger partial charge in [-0.3, -0.25) is 4.79 Å². The molecule has 2 rings (SSSR count). The van der Waals surface area contributed by atoms with Crippen LogP contribution >= 0.6 is 0 Å². The number of aryl methyl sites for hydroxylation is 2. The lowest BCUT2D eigenvalue weighted by Gasteiger charge is -2.22. The van der Waals surface area contributed by atoms with Crippen molar-refractivity contribution in [1.82, 2.24) is 9.97 Å². The van der Waals surface area contributed by atoms with E-state index in [0.717, 1.165) is 17.0 Å². The molecule has 0 amide bonds. The number of carboxylic acids is 1. The Hall–Kier alpha value is -1.49. The van der Waals surface area contributed by atoms with Gasteiger partial charge in [-0.1, -0.05) is 0 Å². The molecule has 0 fully saturated rings. The molecular weight excluding hydrogens is 220 g/mol. The van der Waals surface area contributed by atoms with Crippen molar-refractivity contribution >= 4 is 5.97 Å². The Morgan fingerprint density at radius 3 is 2.94 bits per heavy atom. The Bertz CT molecular complexity index is 446. The van der Waals surface area contributed by atoms with Crippen LogP contribution in [0.1, 0.15) is 29.2 Å². The van der Waals surface area contributed by atoms with Crippen LogP contribution in [0.25, 0.3) is 0 Å². The predicted octanol–water partition coefficient (Wildman–Crippen LogP) is 1.12. The molecule has 17 heavy (non-hydrogen) atoms. The minimum absolute atomic E-state index is 0.293. The Labute approximate surface area is 99.9 Å². The summed E-state index contributed by atoms with van der Waals surface area (Å²) in [6, 6.07) is 0. The van der Waals surface area contributed by atoms with Gasteiger partial charge in [-0.15, -0.1) is 0 Å². The molecule has 1 aromatic heterocycles. The molecule has 1 aliphatic rings. The molecule has 1 aliphatic carbocycles. The van der Waals surface area contributed by atoms with E-state index in [1.807, 2.05) is 6.92 Å². The summed E-state index contributed by atoms with van der Waals surface area (Å²) < 4.78 is 5.01. The molecule has 0 aromatic carbocycles. The molecule has 1 aromatic rings. The third-order valence-electron chi connectivity index (χ3n) is 3.15. The van der Waals surface area contributed by atoms with Gasteiger partial charge < -0.3 is 9.84 Å². The fraction of sp³-hybridized carbons (Fsp3) is 0.583. The molecule has 1 unspecified atom stereocenters. The number of aromatic nitrogens is 2. The van der Waals surface area contributed by atoms with E-state index in [-0.39, 0.29) is 5.92 Å². The van der Waals surface area contributed by atoms with Gasteiger partial charge in [0.1, 0.15) is 6.61 Å². The van der Waals surface area contributed by atoms with Crippen LogP contribution in [0.2, 0.25) is 0 Å². The summed E-state index contributed by atoms with van der Waals surface area (Å²) in [6.45, 7) is 2.31. The van der Waals surface area contributed by atoms with Crippen LogP contribution in [0.4, 0.5) is 0 Å². The molecule has 5 heteroatoms. The van der Waals surface area contributed by atoms with Crippen molar-refractivity contribution < 1.29 is 14.6 Å². The Morgan fingerprint density at radius 1 is 1.53 bits per heavy atom. The second-order valence-electron chi connectivity index (χ2n) is 4.36. The van der Waals surface area contributed by atoms with Crippen molar-refractivity contribution in [3.8, 4) is 0 Å². The Morgan fingerprint density at radius 2 is 2.29 bits per heavy atom. The van der Waals surface area contributed by atoms with Crippen molar-refractivity contribution in [2.24, 2.45) is 5.92 Å². The molecule has 1 heterocycles. The van der Waals surface area contributed by atoms with Crippen LogP contribution in [0, 0.1) is 12.8 Å². The van der Waals surface area contributed by atoms with Crippen molar-refractivity contribution in [2.45, 2.75) is 32.8 Å². The normalized spacial score (nSPS) is 18.8. The topological polar surface area (TPSA) is 72.3 Å². The fourth-order valence-corrected chi connectivity index (χ4v) is 2.25. The first-order valence-corrected chi connectivity index (χ1v) is 5.68. The number of hydrogen-bond acceptors (Lipinski definition) is 4. The summed E-state index contributed by atoms with van der Waals surface area (Å²) in [5.41, 5.74) is 2.87. The highest BCUT2D eigenvalue weighted by Gasteiger charge is 2.27. The zero-order valence-electron chi connectivity index (χ0n) is 10.1. The number of carboxylic acid groups (broad SMARTS) is 1. The van der Waals surface area contributed by atoms with Gasteiger partial charge >= 0.3 is 5.97 Å². The van der Waals surface area contributed by atoms with Gasteiger partial charge in [0.15, 0.2) is 5.82 Å². The van der Waals surface area contributed by atoms with Crippen LogP contribution in [-0.4, -0.2) is 28.2 Å². The van der Waals surface area contributed by atoms with Crippen LogP contribution in [0.5, 0.6) is 0 Å². The van der Waals surface area contributed by atoms with Crippen molar-refractivity contribution in [3.63, 3.8) is 0 Å². The summed E-state index contributed by atoms with van der Waals surface area (Å²) in [5.74, 6) is -0.341. The average molecular weight is 236 g/mol. The lowest BCUT2D eigenvalue weighted by atomic mass is 9.86. The maximum atomic E-state index is 11.0. The number of methoxy groups -OCH3 is 1. The highest BCUT2D eigenvalue weighted by molar-refractivity contribution is 5.71. The monoisotopic (exact) mass is 236 g/mol. The molecule has 92 valence electrons. The summed E-state index contributed by atoms with van der Waals surface area (Å²) in [6.07, 6.45) is 1.92. The molecule has 1 atom stereocenters. The highest BCUT2D eigenvalue weighted by Crippen LogP contribution is 2.26. The number of hydrogen-bond donors (Lipinski definition) is 1. The van der Waals surface area contributed by atoms with Gasteiger partial charge in [-0.05, 0) is 31.7 Å². The Balaban J connectivity index is 2.30. The number of aliphatic carboxylic acids is 1. The minimum Gasteiger partial charge on any atom is -0.481 e. The van der Waals surface area contributed by atoms with E-state index in [9.17, 15) is 4.79 Å². The zero-order chi connectivity index (χ0) is 12.4. The third kappa shape index (κ3) is 2.44. The van der Waals surface area contributed by atoms with E-state index in [2.05, 4.69) is 9.97 Å². The number of rotatable bonds is 3. The Kier molecular flexibility index (Phi) is 3.38. The lowest BCUT2D eigenvalue weighted by molar-refractivity contribution is -0.142. The van der Waals surface area contributed by atoms with Crippen molar-refractivity contribution in [3.05, 3.63) is 22.8 Å². The molecule has 0 bridgehead atoms. The predicted molar refractivity (Wildman–Crippen MR) is 60.6 cm³/mol. The van der Waals surface area contributed by atoms with Gasteiger partial charge in [0.25, 0.3) is 0 Å². The molecule has 0 spiro atoms. The molecule has 5 nitrogen and oxygen atoms in total. The maximum absolute atomic E-state index is 11.0. The summed E-state index contributed by atoms with van der Waals surface area (Å²) >= 11 is 0. The molecular formula is C12H16N2O3. The van der Waals surface area contributed by atoms with E-state index in [4.69, 9.17) is 9.84 Å². The van der Waals surface area contributed by atoms with E-state index >= 15 is 0 Å². The average Bonchev–Trinajstić information content (AvgIpc) is 2.29. The van der Waals surface area contributed by atoms with Crippen LogP contribution in [-0.2, 0) is 29.0 Å². The number of fused-ring (bicyclic) bond motifs is 1. The first kappa shape index (κ1) is 12.0. The molecule has 0 saturated carbocycles. The number of carbonyl (C=O) groups is 1. The van der Waals surface area contributed by atoms with Crippen LogP contribution in [0.3, 0.4) is 0 Å². The van der Waals surface area contributed by atoms with Gasteiger partial charge in [-0.25, -0.2) is 9.97 Å². The smallest absolute Gasteiger partial charge is 0.306 e.